The SMILES string of the molecule is N#Cc1ccnc(-c2cc(Cl)cc(Cl)c2Cl)c1. The van der Waals surface area contributed by atoms with Crippen LogP contribution in [0.2, 0.25) is 15.1 Å². The molecule has 2 rings (SSSR count). The summed E-state index contributed by atoms with van der Waals surface area (Å²) in [5, 5.41) is 10.0. The maximum Gasteiger partial charge on any atom is 0.0992 e. The van der Waals surface area contributed by atoms with Crippen LogP contribution in [0.25, 0.3) is 11.3 Å². The van der Waals surface area contributed by atoms with Gasteiger partial charge in [0, 0.05) is 16.8 Å². The van der Waals surface area contributed by atoms with Gasteiger partial charge in [-0.3, -0.25) is 4.98 Å². The van der Waals surface area contributed by atoms with Crippen LogP contribution in [-0.2, 0) is 0 Å². The first kappa shape index (κ1) is 12.2. The van der Waals surface area contributed by atoms with Crippen molar-refractivity contribution in [3.8, 4) is 17.3 Å². The van der Waals surface area contributed by atoms with Gasteiger partial charge >= 0.3 is 0 Å². The summed E-state index contributed by atoms with van der Waals surface area (Å²) >= 11 is 17.9. The van der Waals surface area contributed by atoms with Crippen LogP contribution in [0.5, 0.6) is 0 Å². The fraction of sp³-hybridized carbons (Fsp3) is 0. The topological polar surface area (TPSA) is 36.7 Å². The van der Waals surface area contributed by atoms with Gasteiger partial charge in [0.05, 0.1) is 27.4 Å². The fourth-order valence-electron chi connectivity index (χ4n) is 1.39. The molecule has 0 radical (unpaired) electrons. The minimum Gasteiger partial charge on any atom is -0.256 e. The van der Waals surface area contributed by atoms with Crippen LogP contribution in [0.3, 0.4) is 0 Å². The molecule has 2 nitrogen and oxygen atoms in total. The molecule has 17 heavy (non-hydrogen) atoms. The smallest absolute Gasteiger partial charge is 0.0992 e. The van der Waals surface area contributed by atoms with Gasteiger partial charge in [-0.1, -0.05) is 34.8 Å². The summed E-state index contributed by atoms with van der Waals surface area (Å²) in [4.78, 5) is 4.15. The molecule has 0 saturated heterocycles. The third kappa shape index (κ3) is 2.53. The van der Waals surface area contributed by atoms with Crippen LogP contribution in [0.15, 0.2) is 30.5 Å². The highest BCUT2D eigenvalue weighted by molar-refractivity contribution is 6.45. The molecule has 0 aliphatic carbocycles. The van der Waals surface area contributed by atoms with Gasteiger partial charge in [0.2, 0.25) is 0 Å². The first-order valence-electron chi connectivity index (χ1n) is 4.63. The second kappa shape index (κ2) is 4.93. The lowest BCUT2D eigenvalue weighted by Crippen LogP contribution is -1.87. The molecule has 1 aromatic carbocycles. The Bertz CT molecular complexity index is 618. The van der Waals surface area contributed by atoms with E-state index >= 15 is 0 Å². The Balaban J connectivity index is 2.64. The molecule has 84 valence electrons. The molecule has 0 fully saturated rings. The third-order valence-electron chi connectivity index (χ3n) is 2.16. The second-order valence-corrected chi connectivity index (χ2v) is 4.51. The number of hydrogen-bond donors (Lipinski definition) is 0. The summed E-state index contributed by atoms with van der Waals surface area (Å²) in [7, 11) is 0. The normalized spacial score (nSPS) is 10.0. The zero-order valence-electron chi connectivity index (χ0n) is 8.42. The van der Waals surface area contributed by atoms with Gasteiger partial charge in [-0.15, -0.1) is 0 Å². The number of nitriles is 1. The van der Waals surface area contributed by atoms with Crippen LogP contribution >= 0.6 is 34.8 Å². The number of benzene rings is 1. The quantitative estimate of drug-likeness (QED) is 0.718. The Morgan fingerprint density at radius 1 is 1.12 bits per heavy atom. The molecule has 5 heteroatoms. The summed E-state index contributed by atoms with van der Waals surface area (Å²) < 4.78 is 0. The zero-order valence-corrected chi connectivity index (χ0v) is 10.7. The molecule has 0 aliphatic rings. The third-order valence-corrected chi connectivity index (χ3v) is 3.18. The lowest BCUT2D eigenvalue weighted by molar-refractivity contribution is 1.31. The molecular weight excluding hydrogens is 279 g/mol. The van der Waals surface area contributed by atoms with Gasteiger partial charge < -0.3 is 0 Å². The van der Waals surface area contributed by atoms with Crippen molar-refractivity contribution in [1.82, 2.24) is 4.98 Å². The average molecular weight is 284 g/mol. The van der Waals surface area contributed by atoms with Crippen molar-refractivity contribution >= 4 is 34.8 Å². The lowest BCUT2D eigenvalue weighted by Gasteiger charge is -2.06. The molecule has 0 amide bonds. The van der Waals surface area contributed by atoms with E-state index in [4.69, 9.17) is 40.1 Å². The van der Waals surface area contributed by atoms with E-state index in [0.29, 0.717) is 31.9 Å². The van der Waals surface area contributed by atoms with E-state index in [-0.39, 0.29) is 0 Å². The molecule has 0 saturated carbocycles. The molecule has 1 heterocycles. The highest BCUT2D eigenvalue weighted by Gasteiger charge is 2.10. The van der Waals surface area contributed by atoms with Crippen molar-refractivity contribution < 1.29 is 0 Å². The number of rotatable bonds is 1. The lowest BCUT2D eigenvalue weighted by atomic mass is 10.1. The molecule has 2 aromatic rings. The monoisotopic (exact) mass is 282 g/mol. The molecule has 0 atom stereocenters. The fourth-order valence-corrected chi connectivity index (χ4v) is 2.09. The molecule has 0 aliphatic heterocycles. The Kier molecular flexibility index (Phi) is 3.54. The Hall–Kier alpha value is -1.27. The van der Waals surface area contributed by atoms with E-state index in [1.165, 1.54) is 0 Å². The van der Waals surface area contributed by atoms with Crippen molar-refractivity contribution in [1.29, 1.82) is 5.26 Å². The van der Waals surface area contributed by atoms with Crippen LogP contribution in [0, 0.1) is 11.3 Å². The summed E-state index contributed by atoms with van der Waals surface area (Å²) in [5.41, 5.74) is 1.68. The first-order valence-corrected chi connectivity index (χ1v) is 5.76. The Labute approximate surface area is 113 Å². The van der Waals surface area contributed by atoms with Gasteiger partial charge in [0.25, 0.3) is 0 Å². The molecule has 0 bridgehead atoms. The van der Waals surface area contributed by atoms with E-state index < -0.39 is 0 Å². The summed E-state index contributed by atoms with van der Waals surface area (Å²) in [5.74, 6) is 0. The second-order valence-electron chi connectivity index (χ2n) is 3.29. The van der Waals surface area contributed by atoms with E-state index in [9.17, 15) is 0 Å². The largest absolute Gasteiger partial charge is 0.256 e. The maximum absolute atomic E-state index is 8.82. The molecular formula is C12H5Cl3N2. The average Bonchev–Trinajstić information content (AvgIpc) is 2.34. The summed E-state index contributed by atoms with van der Waals surface area (Å²) in [6.45, 7) is 0. The zero-order chi connectivity index (χ0) is 12.4. The maximum atomic E-state index is 8.82. The predicted molar refractivity (Wildman–Crippen MR) is 69.4 cm³/mol. The number of pyridine rings is 1. The number of aromatic nitrogens is 1. The van der Waals surface area contributed by atoms with Crippen LogP contribution in [0.4, 0.5) is 0 Å². The van der Waals surface area contributed by atoms with E-state index in [1.807, 2.05) is 6.07 Å². The van der Waals surface area contributed by atoms with Crippen molar-refractivity contribution in [2.24, 2.45) is 0 Å². The van der Waals surface area contributed by atoms with Gasteiger partial charge in [-0.25, -0.2) is 0 Å². The molecule has 0 unspecified atom stereocenters. The number of nitrogens with zero attached hydrogens (tertiary/aromatic N) is 2. The van der Waals surface area contributed by atoms with Crippen LogP contribution < -0.4 is 0 Å². The van der Waals surface area contributed by atoms with Gasteiger partial charge in [0.15, 0.2) is 0 Å². The minimum absolute atomic E-state index is 0.360. The van der Waals surface area contributed by atoms with Crippen LogP contribution in [-0.4, -0.2) is 4.98 Å². The highest BCUT2D eigenvalue weighted by Crippen LogP contribution is 2.35. The van der Waals surface area contributed by atoms with Crippen molar-refractivity contribution in [2.75, 3.05) is 0 Å². The molecule has 0 spiro atoms. The Morgan fingerprint density at radius 2 is 1.88 bits per heavy atom. The van der Waals surface area contributed by atoms with E-state index in [1.54, 1.807) is 30.5 Å². The number of halogens is 3. The summed E-state index contributed by atoms with van der Waals surface area (Å²) in [6.07, 6.45) is 1.54. The van der Waals surface area contributed by atoms with E-state index in [0.717, 1.165) is 0 Å². The van der Waals surface area contributed by atoms with Crippen molar-refractivity contribution in [3.63, 3.8) is 0 Å². The van der Waals surface area contributed by atoms with Gasteiger partial charge in [-0.2, -0.15) is 5.26 Å². The highest BCUT2D eigenvalue weighted by atomic mass is 35.5. The molecule has 0 N–H and O–H groups in total. The standard InChI is InChI=1S/C12H5Cl3N2/c13-8-4-9(12(15)10(14)5-8)11-3-7(6-16)1-2-17-11/h1-5H. The number of hydrogen-bond acceptors (Lipinski definition) is 2. The van der Waals surface area contributed by atoms with Crippen LogP contribution in [0.1, 0.15) is 5.56 Å². The van der Waals surface area contributed by atoms with E-state index in [2.05, 4.69) is 4.98 Å². The predicted octanol–water partition coefficient (Wildman–Crippen LogP) is 4.58. The van der Waals surface area contributed by atoms with Crippen molar-refractivity contribution in [2.45, 2.75) is 0 Å². The van der Waals surface area contributed by atoms with Gasteiger partial charge in [-0.05, 0) is 24.3 Å². The summed E-state index contributed by atoms with van der Waals surface area (Å²) in [6, 6.07) is 8.51. The first-order chi connectivity index (χ1) is 8.11. The van der Waals surface area contributed by atoms with Crippen molar-refractivity contribution in [3.05, 3.63) is 51.1 Å². The molecule has 1 aromatic heterocycles. The Morgan fingerprint density at radius 3 is 2.59 bits per heavy atom. The van der Waals surface area contributed by atoms with Gasteiger partial charge in [0.1, 0.15) is 0 Å². The minimum atomic E-state index is 0.360.